The van der Waals surface area contributed by atoms with E-state index in [2.05, 4.69) is 61.2 Å². The Labute approximate surface area is 388 Å². The number of benzene rings is 4. The molecule has 7 aromatic heterocycles. The van der Waals surface area contributed by atoms with E-state index in [1.807, 2.05) is 100 Å². The Morgan fingerprint density at radius 2 is 1.33 bits per heavy atom. The summed E-state index contributed by atoms with van der Waals surface area (Å²) < 4.78 is 5.52. The van der Waals surface area contributed by atoms with Crippen LogP contribution in [0.15, 0.2) is 134 Å². The van der Waals surface area contributed by atoms with Gasteiger partial charge in [0.15, 0.2) is 5.78 Å². The molecule has 0 aliphatic heterocycles. The van der Waals surface area contributed by atoms with E-state index in [9.17, 15) is 9.90 Å². The van der Waals surface area contributed by atoms with Crippen molar-refractivity contribution in [3.63, 3.8) is 0 Å². The number of Topliss-reactive ketones (excluding diaryl/α,β-unsaturated/α-hetero) is 1. The lowest BCUT2D eigenvalue weighted by molar-refractivity contribution is -0.00204. The first-order valence-electron chi connectivity index (χ1n) is 21.5. The minimum Gasteiger partial charge on any atom is -0.389 e. The van der Waals surface area contributed by atoms with Crippen molar-refractivity contribution in [3.05, 3.63) is 145 Å². The molecule has 11 aromatic rings. The van der Waals surface area contributed by atoms with Gasteiger partial charge in [-0.1, -0.05) is 107 Å². The average Bonchev–Trinajstić information content (AvgIpc) is 4.21. The van der Waals surface area contributed by atoms with Crippen LogP contribution in [0.4, 0.5) is 21.1 Å². The van der Waals surface area contributed by atoms with Gasteiger partial charge < -0.3 is 21.1 Å². The Kier molecular flexibility index (Phi) is 10.1. The normalized spacial score (nSPS) is 16.4. The molecule has 12 rings (SSSR count). The van der Waals surface area contributed by atoms with Gasteiger partial charge in [0, 0.05) is 59.3 Å². The van der Waals surface area contributed by atoms with Crippen molar-refractivity contribution in [2.45, 2.75) is 50.3 Å². The van der Waals surface area contributed by atoms with Crippen molar-refractivity contribution in [1.82, 2.24) is 48.8 Å². The third kappa shape index (κ3) is 7.72. The molecule has 0 bridgehead atoms. The first kappa shape index (κ1) is 40.2. The molecule has 1 aliphatic rings. The maximum Gasteiger partial charge on any atom is 0.214 e. The van der Waals surface area contributed by atoms with Crippen LogP contribution < -0.4 is 16.0 Å². The van der Waals surface area contributed by atoms with Crippen LogP contribution >= 0.6 is 34.0 Å². The topological polar surface area (TPSA) is 177 Å². The van der Waals surface area contributed by atoms with Crippen molar-refractivity contribution in [2.75, 3.05) is 16.0 Å². The molecule has 326 valence electrons. The SMILES string of the molecule is O=C(CC1(O)CCC(Nc2nn3c(-c4ccc5ccccc5c4)cnc3s2)CC1)c1ccc(Nc2nn3c(-c4ccccc4)cnc3s2)c(-c2cnc3sc(NCc4cccnc4)nn23)c1. The number of pyridine rings is 1. The average molecular weight is 926 g/mol. The van der Waals surface area contributed by atoms with E-state index in [1.165, 1.54) is 39.4 Å². The molecule has 1 fully saturated rings. The molecule has 1 saturated carbocycles. The van der Waals surface area contributed by atoms with Gasteiger partial charge in [-0.05, 0) is 72.4 Å². The number of fused-ring (bicyclic) bond motifs is 4. The monoisotopic (exact) mass is 925 g/mol. The summed E-state index contributed by atoms with van der Waals surface area (Å²) in [6.45, 7) is 0.556. The maximum absolute atomic E-state index is 14.2. The van der Waals surface area contributed by atoms with Gasteiger partial charge in [0.2, 0.25) is 30.3 Å². The van der Waals surface area contributed by atoms with E-state index in [0.717, 1.165) is 48.5 Å². The highest BCUT2D eigenvalue weighted by Gasteiger charge is 2.36. The van der Waals surface area contributed by atoms with Crippen LogP contribution in [0.1, 0.15) is 48.0 Å². The number of nitrogens with zero attached hydrogens (tertiary/aromatic N) is 10. The summed E-state index contributed by atoms with van der Waals surface area (Å²) in [5.74, 6) is -0.142. The molecule has 0 atom stereocenters. The molecule has 4 N–H and O–H groups in total. The van der Waals surface area contributed by atoms with Crippen LogP contribution in [0.2, 0.25) is 0 Å². The van der Waals surface area contributed by atoms with Crippen LogP contribution in [-0.2, 0) is 6.54 Å². The molecule has 0 amide bonds. The van der Waals surface area contributed by atoms with E-state index in [4.69, 9.17) is 20.3 Å². The molecular weight excluding hydrogens is 887 g/mol. The molecule has 0 radical (unpaired) electrons. The highest BCUT2D eigenvalue weighted by Crippen LogP contribution is 2.39. The number of rotatable bonds is 13. The van der Waals surface area contributed by atoms with Gasteiger partial charge in [0.1, 0.15) is 0 Å². The van der Waals surface area contributed by atoms with E-state index < -0.39 is 5.60 Å². The Hall–Kier alpha value is -7.38. The van der Waals surface area contributed by atoms with Crippen LogP contribution in [0.25, 0.3) is 59.4 Å². The van der Waals surface area contributed by atoms with Crippen molar-refractivity contribution in [1.29, 1.82) is 0 Å². The fraction of sp³-hybridized carbons (Fsp3) is 0.167. The van der Waals surface area contributed by atoms with Crippen molar-refractivity contribution >= 4 is 86.5 Å². The number of ketones is 1. The molecule has 0 unspecified atom stereocenters. The van der Waals surface area contributed by atoms with E-state index in [-0.39, 0.29) is 18.2 Å². The van der Waals surface area contributed by atoms with Gasteiger partial charge in [-0.3, -0.25) is 9.78 Å². The third-order valence-corrected chi connectivity index (χ3v) is 14.7. The second-order valence-electron chi connectivity index (χ2n) is 16.5. The highest BCUT2D eigenvalue weighted by atomic mass is 32.1. The number of aromatic nitrogens is 10. The number of carbonyl (C=O) groups is 1. The number of imidazole rings is 3. The Morgan fingerprint density at radius 1 is 0.667 bits per heavy atom. The lowest BCUT2D eigenvalue weighted by Gasteiger charge is -2.35. The summed E-state index contributed by atoms with van der Waals surface area (Å²) in [7, 11) is 0. The zero-order valence-electron chi connectivity index (χ0n) is 35.1. The summed E-state index contributed by atoms with van der Waals surface area (Å²) in [5, 5.41) is 41.5. The standard InChI is InChI=1S/C48H39N13O2S3/c62-41(23-48(63)18-16-35(17-19-48)54-43-57-60-39(27-52-46(60)65-43)33-13-12-30-8-4-5-11-32(30)21-33)34-14-15-37(55-44-58-59-38(26-51-45(59)66-44)31-9-2-1-3-10-31)36(22-34)40-28-53-47-61(40)56-42(64-47)50-25-29-7-6-20-49-24-29/h1-15,20-22,24,26-28,35,63H,16-19,23,25H2,(H,50,56)(H,54,57)(H,55,58). The van der Waals surface area contributed by atoms with Crippen LogP contribution in [0, 0.1) is 0 Å². The second-order valence-corrected chi connectivity index (χ2v) is 19.4. The highest BCUT2D eigenvalue weighted by molar-refractivity contribution is 7.21. The fourth-order valence-corrected chi connectivity index (χ4v) is 11.1. The minimum atomic E-state index is -1.15. The van der Waals surface area contributed by atoms with E-state index >= 15 is 0 Å². The second kappa shape index (κ2) is 16.6. The van der Waals surface area contributed by atoms with Gasteiger partial charge in [0.25, 0.3) is 0 Å². The number of hydrogen-bond acceptors (Lipinski definition) is 15. The third-order valence-electron chi connectivity index (χ3n) is 12.1. The van der Waals surface area contributed by atoms with Crippen LogP contribution in [0.3, 0.4) is 0 Å². The molecule has 1 aliphatic carbocycles. The number of aliphatic hydroxyl groups is 1. The molecule has 15 nitrogen and oxygen atoms in total. The lowest BCUT2D eigenvalue weighted by Crippen LogP contribution is -2.40. The smallest absolute Gasteiger partial charge is 0.214 e. The number of carbonyl (C=O) groups excluding carboxylic acids is 1. The Bertz CT molecular complexity index is 3550. The first-order valence-corrected chi connectivity index (χ1v) is 24.0. The Morgan fingerprint density at radius 3 is 2.11 bits per heavy atom. The predicted octanol–water partition coefficient (Wildman–Crippen LogP) is 10.3. The quantitative estimate of drug-likeness (QED) is 0.0806. The van der Waals surface area contributed by atoms with Crippen LogP contribution in [0.5, 0.6) is 0 Å². The number of anilines is 4. The Balaban J connectivity index is 0.776. The summed E-state index contributed by atoms with van der Waals surface area (Å²) in [6, 6.07) is 34.3. The summed E-state index contributed by atoms with van der Waals surface area (Å²) in [4.78, 5) is 34.7. The van der Waals surface area contributed by atoms with Gasteiger partial charge in [0.05, 0.1) is 41.3 Å². The zero-order chi connectivity index (χ0) is 44.2. The van der Waals surface area contributed by atoms with Crippen molar-refractivity contribution in [3.8, 4) is 33.8 Å². The summed E-state index contributed by atoms with van der Waals surface area (Å²) in [5.41, 5.74) is 6.38. The lowest BCUT2D eigenvalue weighted by atomic mass is 9.78. The number of nitrogens with one attached hydrogen (secondary N) is 3. The van der Waals surface area contributed by atoms with Gasteiger partial charge >= 0.3 is 0 Å². The molecule has 0 spiro atoms. The predicted molar refractivity (Wildman–Crippen MR) is 261 cm³/mol. The first-order chi connectivity index (χ1) is 32.4. The largest absolute Gasteiger partial charge is 0.389 e. The molecule has 18 heteroatoms. The molecule has 66 heavy (non-hydrogen) atoms. The van der Waals surface area contributed by atoms with Gasteiger partial charge in [-0.2, -0.15) is 0 Å². The van der Waals surface area contributed by atoms with Crippen LogP contribution in [-0.4, -0.2) is 71.3 Å². The summed E-state index contributed by atoms with van der Waals surface area (Å²) in [6.07, 6.45) is 11.4. The van der Waals surface area contributed by atoms with Gasteiger partial charge in [-0.15, -0.1) is 15.3 Å². The summed E-state index contributed by atoms with van der Waals surface area (Å²) >= 11 is 4.37. The molecule has 0 saturated heterocycles. The van der Waals surface area contributed by atoms with E-state index in [0.29, 0.717) is 70.0 Å². The molecular formula is C48H39N13O2S3. The fourth-order valence-electron chi connectivity index (χ4n) is 8.68. The zero-order valence-corrected chi connectivity index (χ0v) is 37.5. The minimum absolute atomic E-state index is 0.000994. The maximum atomic E-state index is 14.2. The van der Waals surface area contributed by atoms with Gasteiger partial charge in [-0.25, -0.2) is 28.5 Å². The van der Waals surface area contributed by atoms with Crippen molar-refractivity contribution < 1.29 is 9.90 Å². The van der Waals surface area contributed by atoms with E-state index in [1.54, 1.807) is 16.9 Å². The van der Waals surface area contributed by atoms with Crippen molar-refractivity contribution in [2.24, 2.45) is 0 Å². The molecule has 4 aromatic carbocycles. The number of hydrogen-bond donors (Lipinski definition) is 4. The molecule has 7 heterocycles.